The highest BCUT2D eigenvalue weighted by atomic mass is 16.3. The fraction of sp³-hybridized carbons (Fsp3) is 0. The Bertz CT molecular complexity index is 3530. The molecule has 266 valence electrons. The van der Waals surface area contributed by atoms with Gasteiger partial charge in [0.1, 0.15) is 22.3 Å². The van der Waals surface area contributed by atoms with Crippen LogP contribution in [-0.2, 0) is 0 Å². The van der Waals surface area contributed by atoms with E-state index in [1.54, 1.807) is 0 Å². The number of rotatable bonds is 5. The highest BCUT2D eigenvalue weighted by molar-refractivity contribution is 6.24. The Morgan fingerprint density at radius 2 is 0.877 bits per heavy atom. The second-order valence-electron chi connectivity index (χ2n) is 14.4. The molecule has 4 heterocycles. The summed E-state index contributed by atoms with van der Waals surface area (Å²) < 4.78 is 15.3. The van der Waals surface area contributed by atoms with Gasteiger partial charge in [-0.25, -0.2) is 15.0 Å². The van der Waals surface area contributed by atoms with Crippen LogP contribution in [0.15, 0.2) is 191 Å². The van der Waals surface area contributed by atoms with E-state index >= 15 is 0 Å². The van der Waals surface area contributed by atoms with Crippen molar-refractivity contribution in [3.8, 4) is 51.0 Å². The zero-order valence-electron chi connectivity index (χ0n) is 30.4. The second-order valence-corrected chi connectivity index (χ2v) is 14.4. The molecule has 6 heteroatoms. The van der Waals surface area contributed by atoms with Gasteiger partial charge >= 0.3 is 0 Å². The minimum absolute atomic E-state index is 0.552. The van der Waals surface area contributed by atoms with Gasteiger partial charge in [0.2, 0.25) is 0 Å². The van der Waals surface area contributed by atoms with Crippen molar-refractivity contribution in [3.63, 3.8) is 0 Å². The molecule has 0 spiro atoms. The number of para-hydroxylation sites is 3. The van der Waals surface area contributed by atoms with Gasteiger partial charge in [-0.05, 0) is 77.9 Å². The number of benzene rings is 8. The van der Waals surface area contributed by atoms with Gasteiger partial charge in [-0.3, -0.25) is 0 Å². The van der Waals surface area contributed by atoms with Crippen LogP contribution in [0.2, 0.25) is 0 Å². The molecule has 12 aromatic rings. The SMILES string of the molecule is c1ccc(-c2cccc(-c3nc(-c4ccc5c(c4)oc4ccccc45)nc(-c4ccc5c(c4)oc4ccc6c7ccccc7n(-c7ccccc7)c6c45)n3)c2)cc1. The van der Waals surface area contributed by atoms with Crippen molar-refractivity contribution in [2.45, 2.75) is 0 Å². The molecule has 0 fully saturated rings. The molecule has 57 heavy (non-hydrogen) atoms. The van der Waals surface area contributed by atoms with Gasteiger partial charge in [0, 0.05) is 49.3 Å². The van der Waals surface area contributed by atoms with Gasteiger partial charge in [0.05, 0.1) is 16.4 Å². The standard InChI is InChI=1S/C51H30N4O2/c1-3-12-31(13-4-1)32-14-11-15-33(28-32)49-52-50(34-22-24-39-38-19-8-10-21-43(38)56-45(39)29-34)54-51(53-49)35-23-25-41-46(30-35)57-44-27-26-40-37-18-7-9-20-42(37)55(48(40)47(41)44)36-16-5-2-6-17-36/h1-30H. The van der Waals surface area contributed by atoms with Gasteiger partial charge < -0.3 is 13.4 Å². The summed E-state index contributed by atoms with van der Waals surface area (Å²) in [5, 5.41) is 6.61. The zero-order chi connectivity index (χ0) is 37.5. The molecule has 0 saturated heterocycles. The van der Waals surface area contributed by atoms with Gasteiger partial charge in [-0.2, -0.15) is 0 Å². The Morgan fingerprint density at radius 1 is 0.333 bits per heavy atom. The fourth-order valence-electron chi connectivity index (χ4n) is 8.40. The van der Waals surface area contributed by atoms with Gasteiger partial charge in [-0.1, -0.05) is 115 Å². The molecule has 0 aliphatic heterocycles. The molecule has 0 saturated carbocycles. The molecule has 6 nitrogen and oxygen atoms in total. The monoisotopic (exact) mass is 730 g/mol. The van der Waals surface area contributed by atoms with Crippen molar-refractivity contribution in [1.82, 2.24) is 19.5 Å². The molecular weight excluding hydrogens is 701 g/mol. The van der Waals surface area contributed by atoms with Gasteiger partial charge in [-0.15, -0.1) is 0 Å². The van der Waals surface area contributed by atoms with Crippen LogP contribution in [0.1, 0.15) is 0 Å². The average molecular weight is 731 g/mol. The molecule has 4 aromatic heterocycles. The highest BCUT2D eigenvalue weighted by Gasteiger charge is 2.21. The van der Waals surface area contributed by atoms with Gasteiger partial charge in [0.15, 0.2) is 17.5 Å². The van der Waals surface area contributed by atoms with Crippen LogP contribution in [0.4, 0.5) is 0 Å². The molecular formula is C51H30N4O2. The minimum atomic E-state index is 0.552. The normalized spacial score (nSPS) is 11.9. The van der Waals surface area contributed by atoms with E-state index < -0.39 is 0 Å². The van der Waals surface area contributed by atoms with Crippen LogP contribution < -0.4 is 0 Å². The largest absolute Gasteiger partial charge is 0.456 e. The number of fused-ring (bicyclic) bond motifs is 10. The Balaban J connectivity index is 1.06. The van der Waals surface area contributed by atoms with Crippen LogP contribution in [0.3, 0.4) is 0 Å². The number of hydrogen-bond donors (Lipinski definition) is 0. The van der Waals surface area contributed by atoms with Crippen LogP contribution in [0.5, 0.6) is 0 Å². The molecule has 0 radical (unpaired) electrons. The molecule has 8 aromatic carbocycles. The fourth-order valence-corrected chi connectivity index (χ4v) is 8.40. The first-order valence-corrected chi connectivity index (χ1v) is 19.0. The number of nitrogens with zero attached hydrogens (tertiary/aromatic N) is 4. The summed E-state index contributed by atoms with van der Waals surface area (Å²) in [6.45, 7) is 0. The first kappa shape index (κ1) is 31.5. The van der Waals surface area contributed by atoms with E-state index in [-0.39, 0.29) is 0 Å². The lowest BCUT2D eigenvalue weighted by Crippen LogP contribution is -2.00. The first-order valence-electron chi connectivity index (χ1n) is 19.0. The molecule has 0 aliphatic carbocycles. The Kier molecular flexibility index (Phi) is 6.83. The summed E-state index contributed by atoms with van der Waals surface area (Å²) in [7, 11) is 0. The third kappa shape index (κ3) is 5.01. The molecule has 0 amide bonds. The number of furan rings is 2. The Labute approximate surface area is 325 Å². The van der Waals surface area contributed by atoms with Crippen LogP contribution in [0.25, 0.3) is 117 Å². The number of hydrogen-bond acceptors (Lipinski definition) is 5. The second kappa shape index (κ2) is 12.3. The van der Waals surface area contributed by atoms with E-state index in [1.165, 1.54) is 10.8 Å². The van der Waals surface area contributed by atoms with E-state index in [0.717, 1.165) is 88.4 Å². The smallest absolute Gasteiger partial charge is 0.164 e. The topological polar surface area (TPSA) is 69.9 Å². The maximum atomic E-state index is 6.68. The summed E-state index contributed by atoms with van der Waals surface area (Å²) in [6.07, 6.45) is 0. The zero-order valence-corrected chi connectivity index (χ0v) is 30.4. The third-order valence-electron chi connectivity index (χ3n) is 11.0. The quantitative estimate of drug-likeness (QED) is 0.176. The third-order valence-corrected chi connectivity index (χ3v) is 11.0. The van der Waals surface area contributed by atoms with Crippen LogP contribution in [-0.4, -0.2) is 19.5 Å². The lowest BCUT2D eigenvalue weighted by Gasteiger charge is -2.10. The van der Waals surface area contributed by atoms with Crippen molar-refractivity contribution in [1.29, 1.82) is 0 Å². The summed E-state index contributed by atoms with van der Waals surface area (Å²) in [6, 6.07) is 62.7. The van der Waals surface area contributed by atoms with E-state index in [0.29, 0.717) is 17.5 Å². The molecule has 0 N–H and O–H groups in total. The van der Waals surface area contributed by atoms with Crippen molar-refractivity contribution >= 4 is 65.7 Å². The maximum Gasteiger partial charge on any atom is 0.164 e. The van der Waals surface area contributed by atoms with Crippen molar-refractivity contribution in [2.24, 2.45) is 0 Å². The maximum absolute atomic E-state index is 6.68. The molecule has 0 unspecified atom stereocenters. The minimum Gasteiger partial charge on any atom is -0.456 e. The van der Waals surface area contributed by atoms with Crippen LogP contribution in [0, 0.1) is 0 Å². The van der Waals surface area contributed by atoms with Crippen molar-refractivity contribution in [2.75, 3.05) is 0 Å². The van der Waals surface area contributed by atoms with Crippen molar-refractivity contribution in [3.05, 3.63) is 182 Å². The predicted molar refractivity (Wildman–Crippen MR) is 230 cm³/mol. The predicted octanol–water partition coefficient (Wildman–Crippen LogP) is 13.4. The Morgan fingerprint density at radius 3 is 1.65 bits per heavy atom. The highest BCUT2D eigenvalue weighted by Crippen LogP contribution is 2.42. The van der Waals surface area contributed by atoms with Crippen molar-refractivity contribution < 1.29 is 8.83 Å². The first-order chi connectivity index (χ1) is 28.2. The molecule has 0 aliphatic rings. The lowest BCUT2D eigenvalue weighted by atomic mass is 10.0. The summed E-state index contributed by atoms with van der Waals surface area (Å²) in [5.74, 6) is 1.69. The van der Waals surface area contributed by atoms with E-state index in [2.05, 4.69) is 156 Å². The van der Waals surface area contributed by atoms with Gasteiger partial charge in [0.25, 0.3) is 0 Å². The summed E-state index contributed by atoms with van der Waals surface area (Å²) >= 11 is 0. The number of aromatic nitrogens is 4. The summed E-state index contributed by atoms with van der Waals surface area (Å²) in [4.78, 5) is 15.4. The van der Waals surface area contributed by atoms with E-state index in [4.69, 9.17) is 23.8 Å². The lowest BCUT2D eigenvalue weighted by molar-refractivity contribution is 0.669. The van der Waals surface area contributed by atoms with Crippen LogP contribution >= 0.6 is 0 Å². The molecule has 0 atom stereocenters. The van der Waals surface area contributed by atoms with E-state index in [1.807, 2.05) is 30.3 Å². The summed E-state index contributed by atoms with van der Waals surface area (Å²) in [5.41, 5.74) is 11.4. The van der Waals surface area contributed by atoms with E-state index in [9.17, 15) is 0 Å². The molecule has 12 rings (SSSR count). The Hall–Kier alpha value is -7.83. The average Bonchev–Trinajstić information content (AvgIpc) is 3.95. The molecule has 0 bridgehead atoms.